The number of likely N-dealkylation sites (tertiary alicyclic amines) is 1. The molecule has 3 rings (SSSR count). The first-order valence-corrected chi connectivity index (χ1v) is 8.86. The molecule has 0 aromatic heterocycles. The van der Waals surface area contributed by atoms with Gasteiger partial charge in [0.15, 0.2) is 0 Å². The van der Waals surface area contributed by atoms with Crippen LogP contribution in [0.1, 0.15) is 32.6 Å². The van der Waals surface area contributed by atoms with E-state index >= 15 is 0 Å². The number of hydrogen-bond acceptors (Lipinski definition) is 5. The third-order valence-electron chi connectivity index (χ3n) is 5.60. The highest BCUT2D eigenvalue weighted by atomic mass is 16.5. The van der Waals surface area contributed by atoms with Crippen molar-refractivity contribution < 1.29 is 28.9 Å². The zero-order valence-corrected chi connectivity index (χ0v) is 14.2. The predicted octanol–water partition coefficient (Wildman–Crippen LogP) is 0.910. The van der Waals surface area contributed by atoms with Gasteiger partial charge in [0.05, 0.1) is 24.7 Å². The Bertz CT molecular complexity index is 478. The highest BCUT2D eigenvalue weighted by Crippen LogP contribution is 2.42. The largest absolute Gasteiger partial charge is 0.481 e. The zero-order valence-electron chi connectivity index (χ0n) is 14.2. The van der Waals surface area contributed by atoms with Crippen molar-refractivity contribution >= 4 is 11.9 Å². The number of carbonyl (C=O) groups is 2. The molecule has 136 valence electrons. The van der Waals surface area contributed by atoms with Gasteiger partial charge < -0.3 is 24.2 Å². The molecular weight excluding hydrogens is 314 g/mol. The summed E-state index contributed by atoms with van der Waals surface area (Å²) in [4.78, 5) is 26.1. The van der Waals surface area contributed by atoms with Crippen LogP contribution in [-0.2, 0) is 23.8 Å². The van der Waals surface area contributed by atoms with Gasteiger partial charge in [-0.15, -0.1) is 0 Å². The minimum atomic E-state index is -0.861. The van der Waals surface area contributed by atoms with E-state index in [2.05, 4.69) is 0 Å². The Morgan fingerprint density at radius 2 is 2.21 bits per heavy atom. The molecule has 0 spiro atoms. The molecule has 0 aromatic carbocycles. The van der Waals surface area contributed by atoms with E-state index in [1.54, 1.807) is 11.8 Å². The van der Waals surface area contributed by atoms with Crippen LogP contribution < -0.4 is 0 Å². The topological polar surface area (TPSA) is 85.3 Å². The van der Waals surface area contributed by atoms with Crippen molar-refractivity contribution in [1.29, 1.82) is 0 Å². The van der Waals surface area contributed by atoms with E-state index in [0.29, 0.717) is 32.8 Å². The smallest absolute Gasteiger partial charge is 0.311 e. The van der Waals surface area contributed by atoms with Crippen LogP contribution in [0.2, 0.25) is 0 Å². The molecular formula is C17H27NO6. The van der Waals surface area contributed by atoms with Crippen LogP contribution in [-0.4, -0.2) is 73.6 Å². The first-order chi connectivity index (χ1) is 11.5. The highest BCUT2D eigenvalue weighted by Gasteiger charge is 2.55. The molecule has 0 aliphatic carbocycles. The maximum Gasteiger partial charge on any atom is 0.311 e. The standard InChI is InChI=1S/C17H27NO6/c1-12(24-10-14-4-2-3-6-23-14)15(19)18-8-13-9-22-7-5-17(13,11-18)16(20)21/h12-14H,2-11H2,1H3,(H,20,21)/t12?,13-,14?,17+/m0/s1. The Morgan fingerprint density at radius 3 is 2.88 bits per heavy atom. The molecule has 3 aliphatic heterocycles. The molecule has 0 radical (unpaired) electrons. The molecule has 7 heteroatoms. The van der Waals surface area contributed by atoms with E-state index in [-0.39, 0.29) is 24.5 Å². The quantitative estimate of drug-likeness (QED) is 0.800. The maximum atomic E-state index is 12.7. The lowest BCUT2D eigenvalue weighted by atomic mass is 9.74. The number of ether oxygens (including phenoxy) is 3. The monoisotopic (exact) mass is 341 g/mol. The molecule has 1 amide bonds. The van der Waals surface area contributed by atoms with Gasteiger partial charge in [-0.05, 0) is 32.6 Å². The van der Waals surface area contributed by atoms with E-state index in [1.807, 2.05) is 0 Å². The lowest BCUT2D eigenvalue weighted by Gasteiger charge is -2.33. The molecule has 3 fully saturated rings. The van der Waals surface area contributed by atoms with E-state index in [1.165, 1.54) is 0 Å². The van der Waals surface area contributed by atoms with Gasteiger partial charge in [0.25, 0.3) is 5.91 Å². The van der Waals surface area contributed by atoms with Crippen LogP contribution in [0.3, 0.4) is 0 Å². The Hall–Kier alpha value is -1.18. The average molecular weight is 341 g/mol. The molecule has 24 heavy (non-hydrogen) atoms. The van der Waals surface area contributed by atoms with Gasteiger partial charge in [-0.2, -0.15) is 0 Å². The fraction of sp³-hybridized carbons (Fsp3) is 0.882. The minimum absolute atomic E-state index is 0.0638. The molecule has 4 atom stereocenters. The summed E-state index contributed by atoms with van der Waals surface area (Å²) < 4.78 is 16.7. The van der Waals surface area contributed by atoms with Gasteiger partial charge in [-0.25, -0.2) is 0 Å². The van der Waals surface area contributed by atoms with Crippen molar-refractivity contribution in [1.82, 2.24) is 4.90 Å². The summed E-state index contributed by atoms with van der Waals surface area (Å²) in [7, 11) is 0. The Morgan fingerprint density at radius 1 is 1.38 bits per heavy atom. The summed E-state index contributed by atoms with van der Waals surface area (Å²) in [6.45, 7) is 4.43. The third-order valence-corrected chi connectivity index (χ3v) is 5.60. The van der Waals surface area contributed by atoms with Crippen LogP contribution in [0.4, 0.5) is 0 Å². The molecule has 0 saturated carbocycles. The minimum Gasteiger partial charge on any atom is -0.481 e. The Balaban J connectivity index is 1.55. The van der Waals surface area contributed by atoms with Crippen molar-refractivity contribution in [2.45, 2.75) is 44.8 Å². The lowest BCUT2D eigenvalue weighted by molar-refractivity contribution is -0.157. The fourth-order valence-electron chi connectivity index (χ4n) is 3.99. The summed E-state index contributed by atoms with van der Waals surface area (Å²) >= 11 is 0. The van der Waals surface area contributed by atoms with E-state index in [4.69, 9.17) is 14.2 Å². The normalized spacial score (nSPS) is 34.6. The van der Waals surface area contributed by atoms with Gasteiger partial charge in [-0.1, -0.05) is 0 Å². The number of amides is 1. The molecule has 3 heterocycles. The Labute approximate surface area is 142 Å². The molecule has 7 nitrogen and oxygen atoms in total. The average Bonchev–Trinajstić information content (AvgIpc) is 3.01. The number of carboxylic acid groups (broad SMARTS) is 1. The fourth-order valence-corrected chi connectivity index (χ4v) is 3.99. The van der Waals surface area contributed by atoms with Crippen LogP contribution in [0.15, 0.2) is 0 Å². The van der Waals surface area contributed by atoms with Gasteiger partial charge in [0.2, 0.25) is 0 Å². The lowest BCUT2D eigenvalue weighted by Crippen LogP contribution is -2.45. The SMILES string of the molecule is CC(OCC1CCCCO1)C(=O)N1C[C@H]2COCC[C@@]2(C(=O)O)C1. The number of aliphatic carboxylic acids is 1. The maximum absolute atomic E-state index is 12.7. The van der Waals surface area contributed by atoms with E-state index < -0.39 is 17.5 Å². The molecule has 1 N–H and O–H groups in total. The van der Waals surface area contributed by atoms with Crippen LogP contribution in [0, 0.1) is 11.3 Å². The summed E-state index contributed by atoms with van der Waals surface area (Å²) in [6, 6.07) is 0. The summed E-state index contributed by atoms with van der Waals surface area (Å²) in [5.41, 5.74) is -0.861. The second-order valence-electron chi connectivity index (χ2n) is 7.17. The number of nitrogens with zero attached hydrogens (tertiary/aromatic N) is 1. The molecule has 3 aliphatic rings. The zero-order chi connectivity index (χ0) is 17.2. The molecule has 2 unspecified atom stereocenters. The first kappa shape index (κ1) is 17.6. The second kappa shape index (κ2) is 7.37. The third kappa shape index (κ3) is 3.43. The van der Waals surface area contributed by atoms with Crippen molar-refractivity contribution in [3.63, 3.8) is 0 Å². The van der Waals surface area contributed by atoms with Crippen molar-refractivity contribution in [2.24, 2.45) is 11.3 Å². The van der Waals surface area contributed by atoms with Crippen molar-refractivity contribution in [3.05, 3.63) is 0 Å². The highest BCUT2D eigenvalue weighted by molar-refractivity contribution is 5.83. The number of hydrogen-bond donors (Lipinski definition) is 1. The van der Waals surface area contributed by atoms with Gasteiger partial charge >= 0.3 is 5.97 Å². The molecule has 0 aromatic rings. The Kier molecular flexibility index (Phi) is 5.42. The summed E-state index contributed by atoms with van der Waals surface area (Å²) in [5, 5.41) is 9.67. The number of fused-ring (bicyclic) bond motifs is 1. The number of carboxylic acids is 1. The summed E-state index contributed by atoms with van der Waals surface area (Å²) in [6.07, 6.45) is 3.12. The van der Waals surface area contributed by atoms with Crippen LogP contribution in [0.25, 0.3) is 0 Å². The van der Waals surface area contributed by atoms with Crippen LogP contribution in [0.5, 0.6) is 0 Å². The van der Waals surface area contributed by atoms with Gasteiger partial charge in [0, 0.05) is 32.2 Å². The van der Waals surface area contributed by atoms with Gasteiger partial charge in [0.1, 0.15) is 6.10 Å². The second-order valence-corrected chi connectivity index (χ2v) is 7.17. The van der Waals surface area contributed by atoms with Crippen LogP contribution >= 0.6 is 0 Å². The number of rotatable bonds is 5. The van der Waals surface area contributed by atoms with E-state index in [9.17, 15) is 14.7 Å². The molecule has 0 bridgehead atoms. The summed E-state index contributed by atoms with van der Waals surface area (Å²) in [5.74, 6) is -1.10. The van der Waals surface area contributed by atoms with Crippen molar-refractivity contribution in [3.8, 4) is 0 Å². The first-order valence-electron chi connectivity index (χ1n) is 8.86. The molecule has 3 saturated heterocycles. The van der Waals surface area contributed by atoms with Crippen molar-refractivity contribution in [2.75, 3.05) is 39.5 Å². The van der Waals surface area contributed by atoms with E-state index in [0.717, 1.165) is 25.9 Å². The number of carbonyl (C=O) groups excluding carboxylic acids is 1. The predicted molar refractivity (Wildman–Crippen MR) is 84.6 cm³/mol. The van der Waals surface area contributed by atoms with Gasteiger partial charge in [-0.3, -0.25) is 9.59 Å².